The van der Waals surface area contributed by atoms with Gasteiger partial charge in [-0.15, -0.1) is 16.4 Å². The van der Waals surface area contributed by atoms with E-state index in [0.29, 0.717) is 25.5 Å². The van der Waals surface area contributed by atoms with E-state index in [9.17, 15) is 4.39 Å². The summed E-state index contributed by atoms with van der Waals surface area (Å²) in [6, 6.07) is 4.19. The molecule has 0 fully saturated rings. The average Bonchev–Trinajstić information content (AvgIpc) is 3.32. The van der Waals surface area contributed by atoms with Crippen molar-refractivity contribution in [3.05, 3.63) is 34.3 Å². The van der Waals surface area contributed by atoms with Crippen molar-refractivity contribution < 1.29 is 9.13 Å². The van der Waals surface area contributed by atoms with Crippen LogP contribution in [0.4, 0.5) is 4.39 Å². The minimum atomic E-state index is -0.399. The highest BCUT2D eigenvalue weighted by atomic mass is 32.1. The number of alkyl halides is 1. The Kier molecular flexibility index (Phi) is 5.34. The van der Waals surface area contributed by atoms with Crippen molar-refractivity contribution in [1.29, 1.82) is 0 Å². The molecule has 0 aromatic carbocycles. The van der Waals surface area contributed by atoms with E-state index in [1.165, 1.54) is 16.9 Å². The fourth-order valence-corrected chi connectivity index (χ4v) is 4.33. The number of pyridine rings is 1. The normalized spacial score (nSPS) is 16.3. The zero-order chi connectivity index (χ0) is 17.8. The molecule has 2 aromatic rings. The molecule has 0 spiro atoms. The molecule has 3 heterocycles. The van der Waals surface area contributed by atoms with Crippen LogP contribution in [0, 0.1) is 0 Å². The van der Waals surface area contributed by atoms with Crippen molar-refractivity contribution in [3.63, 3.8) is 0 Å². The number of fused-ring (bicyclic) bond motifs is 1. The summed E-state index contributed by atoms with van der Waals surface area (Å²) >= 11 is 1.71. The number of aryl methyl sites for hydroxylation is 1. The lowest BCUT2D eigenvalue weighted by Gasteiger charge is -2.19. The van der Waals surface area contributed by atoms with Gasteiger partial charge >= 0.3 is 0 Å². The zero-order valence-corrected chi connectivity index (χ0v) is 15.4. The molecule has 0 N–H and O–H groups in total. The van der Waals surface area contributed by atoms with Gasteiger partial charge in [-0.05, 0) is 47.9 Å². The van der Waals surface area contributed by atoms with Crippen LogP contribution in [-0.2, 0) is 12.8 Å². The highest BCUT2D eigenvalue weighted by molar-refractivity contribution is 7.13. The van der Waals surface area contributed by atoms with E-state index >= 15 is 0 Å². The lowest BCUT2D eigenvalue weighted by Crippen LogP contribution is -2.14. The Labute approximate surface area is 156 Å². The second-order valence-electron chi connectivity index (χ2n) is 6.46. The second kappa shape index (κ2) is 8.03. The van der Waals surface area contributed by atoms with E-state index in [1.807, 2.05) is 0 Å². The molecule has 0 amide bonds. The summed E-state index contributed by atoms with van der Waals surface area (Å²) in [6.45, 7) is 0.336. The van der Waals surface area contributed by atoms with E-state index < -0.39 is 6.67 Å². The first kappa shape index (κ1) is 17.3. The fraction of sp³-hybridized carbons (Fsp3) is 0.474. The van der Waals surface area contributed by atoms with Gasteiger partial charge in [0.05, 0.1) is 18.8 Å². The standard InChI is InChI=1S/C19H21FN4OS/c20-9-5-10-25-19-18(15-12-21-24-23-15)17(16-8-4-11-26-16)13-6-2-1-3-7-14(13)22-19/h4,8,11H,1-3,5-7,9-10,12H2. The van der Waals surface area contributed by atoms with Crippen molar-refractivity contribution >= 4 is 17.0 Å². The van der Waals surface area contributed by atoms with Crippen LogP contribution >= 0.6 is 11.3 Å². The Bertz CT molecular complexity index is 833. The molecule has 136 valence electrons. The number of thiophene rings is 1. The van der Waals surface area contributed by atoms with Gasteiger partial charge in [0, 0.05) is 22.6 Å². The van der Waals surface area contributed by atoms with Gasteiger partial charge in [0.2, 0.25) is 5.88 Å². The van der Waals surface area contributed by atoms with Gasteiger partial charge in [-0.2, -0.15) is 5.11 Å². The largest absolute Gasteiger partial charge is 0.477 e. The molecule has 7 heteroatoms. The Balaban J connectivity index is 1.90. The minimum absolute atomic E-state index is 0.306. The van der Waals surface area contributed by atoms with Crippen LogP contribution in [0.1, 0.15) is 42.5 Å². The molecule has 1 aliphatic heterocycles. The molecule has 26 heavy (non-hydrogen) atoms. The van der Waals surface area contributed by atoms with Crippen molar-refractivity contribution in [2.24, 2.45) is 15.4 Å². The number of halogens is 1. The molecule has 0 atom stereocenters. The van der Waals surface area contributed by atoms with Gasteiger partial charge in [-0.3, -0.25) is 4.39 Å². The summed E-state index contributed by atoms with van der Waals surface area (Å²) < 4.78 is 18.5. The minimum Gasteiger partial charge on any atom is -0.477 e. The maximum Gasteiger partial charge on any atom is 0.223 e. The monoisotopic (exact) mass is 372 g/mol. The molecular formula is C19H21FN4OS. The van der Waals surface area contributed by atoms with Gasteiger partial charge in [-0.25, -0.2) is 4.98 Å². The fourth-order valence-electron chi connectivity index (χ4n) is 3.53. The summed E-state index contributed by atoms with van der Waals surface area (Å²) in [5.41, 5.74) is 5.23. The molecule has 0 radical (unpaired) electrons. The van der Waals surface area contributed by atoms with E-state index in [1.54, 1.807) is 11.3 Å². The third-order valence-corrected chi connectivity index (χ3v) is 5.60. The van der Waals surface area contributed by atoms with Gasteiger partial charge in [0.25, 0.3) is 0 Å². The van der Waals surface area contributed by atoms with Gasteiger partial charge < -0.3 is 4.74 Å². The van der Waals surface area contributed by atoms with Crippen LogP contribution in [0.2, 0.25) is 0 Å². The average molecular weight is 372 g/mol. The summed E-state index contributed by atoms with van der Waals surface area (Å²) in [5, 5.41) is 14.1. The summed E-state index contributed by atoms with van der Waals surface area (Å²) in [6.07, 6.45) is 5.82. The summed E-state index contributed by atoms with van der Waals surface area (Å²) in [7, 11) is 0. The van der Waals surface area contributed by atoms with E-state index in [-0.39, 0.29) is 0 Å². The molecule has 0 saturated heterocycles. The zero-order valence-electron chi connectivity index (χ0n) is 14.6. The maximum atomic E-state index is 12.6. The van der Waals surface area contributed by atoms with Crippen molar-refractivity contribution in [1.82, 2.24) is 4.98 Å². The number of hydrogen-bond donors (Lipinski definition) is 0. The van der Waals surface area contributed by atoms with Gasteiger partial charge in [0.1, 0.15) is 12.3 Å². The number of rotatable bonds is 6. The Morgan fingerprint density at radius 1 is 1.15 bits per heavy atom. The number of aromatic nitrogens is 1. The SMILES string of the molecule is FCCCOc1nc2c(c(-c3cccs3)c1C1=NN=NC1)CCCCC2. The van der Waals surface area contributed by atoms with E-state index in [4.69, 9.17) is 9.72 Å². The van der Waals surface area contributed by atoms with E-state index in [2.05, 4.69) is 33.0 Å². The van der Waals surface area contributed by atoms with Gasteiger partial charge in [0.15, 0.2) is 0 Å². The topological polar surface area (TPSA) is 59.2 Å². The van der Waals surface area contributed by atoms with Crippen LogP contribution < -0.4 is 4.74 Å². The Hall–Kier alpha value is -2.15. The number of nitrogens with zero attached hydrogens (tertiary/aromatic N) is 4. The molecule has 5 nitrogen and oxygen atoms in total. The first-order valence-electron chi connectivity index (χ1n) is 9.10. The molecule has 0 saturated carbocycles. The van der Waals surface area contributed by atoms with Crippen LogP contribution in [-0.4, -0.2) is 30.5 Å². The van der Waals surface area contributed by atoms with Crippen LogP contribution in [0.5, 0.6) is 5.88 Å². The first-order chi connectivity index (χ1) is 12.9. The highest BCUT2D eigenvalue weighted by Gasteiger charge is 2.27. The summed E-state index contributed by atoms with van der Waals surface area (Å²) in [5.74, 6) is 0.550. The first-order valence-corrected chi connectivity index (χ1v) is 9.98. The predicted octanol–water partition coefficient (Wildman–Crippen LogP) is 4.99. The Morgan fingerprint density at radius 3 is 2.85 bits per heavy atom. The Morgan fingerprint density at radius 2 is 2.08 bits per heavy atom. The molecule has 2 aliphatic rings. The molecule has 4 rings (SSSR count). The molecule has 0 bridgehead atoms. The summed E-state index contributed by atoms with van der Waals surface area (Å²) in [4.78, 5) is 6.04. The smallest absolute Gasteiger partial charge is 0.223 e. The van der Waals surface area contributed by atoms with Crippen molar-refractivity contribution in [2.45, 2.75) is 38.5 Å². The van der Waals surface area contributed by atoms with Crippen LogP contribution in [0.3, 0.4) is 0 Å². The lowest BCUT2D eigenvalue weighted by molar-refractivity contribution is 0.279. The number of hydrogen-bond acceptors (Lipinski definition) is 6. The lowest BCUT2D eigenvalue weighted by atomic mass is 9.93. The van der Waals surface area contributed by atoms with Crippen LogP contribution in [0.15, 0.2) is 33.0 Å². The van der Waals surface area contributed by atoms with Crippen molar-refractivity contribution in [3.8, 4) is 16.3 Å². The predicted molar refractivity (Wildman–Crippen MR) is 101 cm³/mol. The number of ether oxygens (including phenoxy) is 1. The van der Waals surface area contributed by atoms with Gasteiger partial charge in [-0.1, -0.05) is 12.5 Å². The molecular weight excluding hydrogens is 351 g/mol. The molecule has 0 unspecified atom stereocenters. The third-order valence-electron chi connectivity index (χ3n) is 4.71. The second-order valence-corrected chi connectivity index (χ2v) is 7.40. The highest BCUT2D eigenvalue weighted by Crippen LogP contribution is 2.40. The van der Waals surface area contributed by atoms with Crippen molar-refractivity contribution in [2.75, 3.05) is 19.8 Å². The van der Waals surface area contributed by atoms with E-state index in [0.717, 1.165) is 48.2 Å². The molecule has 2 aromatic heterocycles. The maximum absolute atomic E-state index is 12.6. The molecule has 1 aliphatic carbocycles. The third kappa shape index (κ3) is 3.40. The quantitative estimate of drug-likeness (QED) is 0.530. The van der Waals surface area contributed by atoms with Crippen LogP contribution in [0.25, 0.3) is 10.4 Å².